The van der Waals surface area contributed by atoms with E-state index in [0.29, 0.717) is 18.0 Å². The van der Waals surface area contributed by atoms with E-state index >= 15 is 0 Å². The molecule has 1 aliphatic heterocycles. The Morgan fingerprint density at radius 2 is 1.85 bits per heavy atom. The molecule has 0 atom stereocenters. The van der Waals surface area contributed by atoms with E-state index in [1.54, 1.807) is 12.1 Å². The summed E-state index contributed by atoms with van der Waals surface area (Å²) in [6, 6.07) is 6.76. The lowest BCUT2D eigenvalue weighted by Gasteiger charge is -2.33. The SMILES string of the molecule is CS(=O)(=O)N1CCN(CCSc2ccccc2F)CC1. The summed E-state index contributed by atoms with van der Waals surface area (Å²) < 4.78 is 37.7. The Morgan fingerprint density at radius 1 is 1.20 bits per heavy atom. The van der Waals surface area contributed by atoms with E-state index in [4.69, 9.17) is 0 Å². The molecule has 1 aromatic rings. The predicted octanol–water partition coefficient (Wildman–Crippen LogP) is 1.49. The molecule has 0 N–H and O–H groups in total. The number of piperazine rings is 1. The van der Waals surface area contributed by atoms with Gasteiger partial charge in [0.15, 0.2) is 0 Å². The molecule has 7 heteroatoms. The Bertz CT molecular complexity index is 543. The van der Waals surface area contributed by atoms with Crippen molar-refractivity contribution >= 4 is 21.8 Å². The molecule has 4 nitrogen and oxygen atoms in total. The molecule has 0 bridgehead atoms. The van der Waals surface area contributed by atoms with Crippen molar-refractivity contribution in [2.24, 2.45) is 0 Å². The molecule has 0 spiro atoms. The van der Waals surface area contributed by atoms with Gasteiger partial charge in [-0.3, -0.25) is 4.90 Å². The van der Waals surface area contributed by atoms with Crippen molar-refractivity contribution in [2.45, 2.75) is 4.90 Å². The minimum absolute atomic E-state index is 0.181. The minimum Gasteiger partial charge on any atom is -0.300 e. The summed E-state index contributed by atoms with van der Waals surface area (Å²) in [5, 5.41) is 0. The molecule has 0 aromatic heterocycles. The van der Waals surface area contributed by atoms with Crippen LogP contribution in [0.3, 0.4) is 0 Å². The lowest BCUT2D eigenvalue weighted by molar-refractivity contribution is 0.198. The second-order valence-electron chi connectivity index (χ2n) is 4.78. The van der Waals surface area contributed by atoms with Crippen LogP contribution in [0.25, 0.3) is 0 Å². The first-order valence-corrected chi connectivity index (χ1v) is 9.35. The molecular formula is C13H19FN2O2S2. The maximum atomic E-state index is 13.4. The van der Waals surface area contributed by atoms with E-state index in [9.17, 15) is 12.8 Å². The largest absolute Gasteiger partial charge is 0.300 e. The Balaban J connectivity index is 1.73. The number of hydrogen-bond acceptors (Lipinski definition) is 4. The van der Waals surface area contributed by atoms with E-state index in [0.717, 1.165) is 25.4 Å². The summed E-state index contributed by atoms with van der Waals surface area (Å²) in [4.78, 5) is 2.89. The van der Waals surface area contributed by atoms with Gasteiger partial charge in [-0.05, 0) is 12.1 Å². The molecule has 1 saturated heterocycles. The smallest absolute Gasteiger partial charge is 0.211 e. The van der Waals surface area contributed by atoms with Crippen molar-refractivity contribution in [2.75, 3.05) is 44.7 Å². The number of thioether (sulfide) groups is 1. The number of rotatable bonds is 5. The molecule has 0 aliphatic carbocycles. The molecule has 2 rings (SSSR count). The van der Waals surface area contributed by atoms with Crippen molar-refractivity contribution < 1.29 is 12.8 Å². The van der Waals surface area contributed by atoms with Gasteiger partial charge in [0.25, 0.3) is 0 Å². The summed E-state index contributed by atoms with van der Waals surface area (Å²) in [7, 11) is -3.07. The maximum Gasteiger partial charge on any atom is 0.211 e. The molecule has 0 saturated carbocycles. The molecule has 0 radical (unpaired) electrons. The van der Waals surface area contributed by atoms with E-state index in [2.05, 4.69) is 4.90 Å². The molecule has 112 valence electrons. The van der Waals surface area contributed by atoms with Gasteiger partial charge in [0.05, 0.1) is 6.26 Å². The Hall–Kier alpha value is -0.630. The van der Waals surface area contributed by atoms with Crippen LogP contribution < -0.4 is 0 Å². The van der Waals surface area contributed by atoms with Crippen LogP contribution in [-0.4, -0.2) is 62.4 Å². The highest BCUT2D eigenvalue weighted by Gasteiger charge is 2.22. The maximum absolute atomic E-state index is 13.4. The number of benzene rings is 1. The van der Waals surface area contributed by atoms with E-state index in [1.807, 2.05) is 6.07 Å². The quantitative estimate of drug-likeness (QED) is 0.772. The van der Waals surface area contributed by atoms with Gasteiger partial charge in [0.2, 0.25) is 10.0 Å². The molecule has 1 aromatic carbocycles. The standard InChI is InChI=1S/C13H19FN2O2S2/c1-20(17,18)16-8-6-15(7-9-16)10-11-19-13-5-3-2-4-12(13)14/h2-5H,6-11H2,1H3. The molecule has 1 heterocycles. The first-order chi connectivity index (χ1) is 9.47. The van der Waals surface area contributed by atoms with Crippen LogP contribution in [0.2, 0.25) is 0 Å². The summed E-state index contributed by atoms with van der Waals surface area (Å²) in [5.41, 5.74) is 0. The lowest BCUT2D eigenvalue weighted by Crippen LogP contribution is -2.48. The van der Waals surface area contributed by atoms with Crippen LogP contribution in [-0.2, 0) is 10.0 Å². The minimum atomic E-state index is -3.07. The fourth-order valence-corrected chi connectivity index (χ4v) is 3.91. The zero-order chi connectivity index (χ0) is 14.6. The predicted molar refractivity (Wildman–Crippen MR) is 80.0 cm³/mol. The van der Waals surface area contributed by atoms with Gasteiger partial charge in [-0.25, -0.2) is 12.8 Å². The van der Waals surface area contributed by atoms with Gasteiger partial charge in [0, 0.05) is 43.4 Å². The van der Waals surface area contributed by atoms with Gasteiger partial charge >= 0.3 is 0 Å². The highest BCUT2D eigenvalue weighted by atomic mass is 32.2. The Labute approximate surface area is 124 Å². The fourth-order valence-electron chi connectivity index (χ4n) is 2.13. The first-order valence-electron chi connectivity index (χ1n) is 6.51. The third kappa shape index (κ3) is 4.44. The average molecular weight is 318 g/mol. The van der Waals surface area contributed by atoms with Crippen molar-refractivity contribution in [3.63, 3.8) is 0 Å². The molecular weight excluding hydrogens is 299 g/mol. The van der Waals surface area contributed by atoms with Crippen molar-refractivity contribution in [1.82, 2.24) is 9.21 Å². The van der Waals surface area contributed by atoms with Crippen LogP contribution in [0.4, 0.5) is 4.39 Å². The van der Waals surface area contributed by atoms with E-state index in [1.165, 1.54) is 28.4 Å². The molecule has 1 fully saturated rings. The lowest BCUT2D eigenvalue weighted by atomic mass is 10.3. The number of halogens is 1. The number of nitrogens with zero attached hydrogens (tertiary/aromatic N) is 2. The van der Waals surface area contributed by atoms with Crippen LogP contribution in [0.5, 0.6) is 0 Å². The number of hydrogen-bond donors (Lipinski definition) is 0. The zero-order valence-corrected chi connectivity index (χ0v) is 13.1. The Morgan fingerprint density at radius 3 is 2.45 bits per heavy atom. The summed E-state index contributed by atoms with van der Waals surface area (Å²) in [6.45, 7) is 3.42. The van der Waals surface area contributed by atoms with Crippen LogP contribution in [0.15, 0.2) is 29.2 Å². The van der Waals surface area contributed by atoms with Crippen molar-refractivity contribution in [3.8, 4) is 0 Å². The first kappa shape index (κ1) is 15.8. The second-order valence-corrected chi connectivity index (χ2v) is 7.90. The highest BCUT2D eigenvalue weighted by Crippen LogP contribution is 2.21. The molecule has 20 heavy (non-hydrogen) atoms. The topological polar surface area (TPSA) is 40.6 Å². The molecule has 0 unspecified atom stereocenters. The normalized spacial score (nSPS) is 18.3. The summed E-state index contributed by atoms with van der Waals surface area (Å²) in [5.74, 6) is 0.624. The van der Waals surface area contributed by atoms with Gasteiger partial charge in [-0.1, -0.05) is 12.1 Å². The van der Waals surface area contributed by atoms with Gasteiger partial charge in [0.1, 0.15) is 5.82 Å². The Kier molecular flexibility index (Phi) is 5.42. The number of sulfonamides is 1. The van der Waals surface area contributed by atoms with Gasteiger partial charge in [-0.15, -0.1) is 11.8 Å². The highest BCUT2D eigenvalue weighted by molar-refractivity contribution is 7.99. The molecule has 0 amide bonds. The second kappa shape index (κ2) is 6.89. The van der Waals surface area contributed by atoms with Gasteiger partial charge < -0.3 is 0 Å². The fraction of sp³-hybridized carbons (Fsp3) is 0.538. The summed E-state index contributed by atoms with van der Waals surface area (Å²) in [6.07, 6.45) is 1.25. The van der Waals surface area contributed by atoms with Crippen LogP contribution in [0, 0.1) is 5.82 Å². The van der Waals surface area contributed by atoms with Crippen LogP contribution >= 0.6 is 11.8 Å². The average Bonchev–Trinajstić information content (AvgIpc) is 2.40. The van der Waals surface area contributed by atoms with E-state index in [-0.39, 0.29) is 5.82 Å². The van der Waals surface area contributed by atoms with Crippen LogP contribution in [0.1, 0.15) is 0 Å². The third-order valence-corrected chi connectivity index (χ3v) is 5.63. The molecule has 1 aliphatic rings. The monoisotopic (exact) mass is 318 g/mol. The third-order valence-electron chi connectivity index (χ3n) is 3.30. The van der Waals surface area contributed by atoms with E-state index < -0.39 is 10.0 Å². The van der Waals surface area contributed by atoms with Gasteiger partial charge in [-0.2, -0.15) is 4.31 Å². The summed E-state index contributed by atoms with van der Waals surface area (Å²) >= 11 is 1.50. The zero-order valence-electron chi connectivity index (χ0n) is 11.5. The van der Waals surface area contributed by atoms with Crippen molar-refractivity contribution in [3.05, 3.63) is 30.1 Å². The van der Waals surface area contributed by atoms with Crippen molar-refractivity contribution in [1.29, 1.82) is 0 Å².